The van der Waals surface area contributed by atoms with E-state index in [0.717, 1.165) is 19.9 Å². The summed E-state index contributed by atoms with van der Waals surface area (Å²) in [6, 6.07) is 4.31. The summed E-state index contributed by atoms with van der Waals surface area (Å²) in [4.78, 5) is 16.5. The molecule has 0 heterocycles. The second kappa shape index (κ2) is 10.5. The van der Waals surface area contributed by atoms with Crippen molar-refractivity contribution in [2.75, 3.05) is 33.3 Å². The second-order valence-corrected chi connectivity index (χ2v) is 7.37. The SMILES string of the molecule is CCNC(=NCC(=O)N(C)CC(F)(F)F)NC(C)c1ccc(OCC2CC2)c(F)c1. The highest BCUT2D eigenvalue weighted by Crippen LogP contribution is 2.30. The fourth-order valence-corrected chi connectivity index (χ4v) is 2.63. The van der Waals surface area contributed by atoms with E-state index in [4.69, 9.17) is 4.74 Å². The van der Waals surface area contributed by atoms with E-state index >= 15 is 0 Å². The van der Waals surface area contributed by atoms with Gasteiger partial charge in [0.05, 0.1) is 12.6 Å². The minimum Gasteiger partial charge on any atom is -0.490 e. The first-order valence-electron chi connectivity index (χ1n) is 9.86. The molecule has 1 aromatic rings. The van der Waals surface area contributed by atoms with E-state index in [9.17, 15) is 22.4 Å². The van der Waals surface area contributed by atoms with Gasteiger partial charge >= 0.3 is 6.18 Å². The molecule has 1 aliphatic carbocycles. The number of amides is 1. The summed E-state index contributed by atoms with van der Waals surface area (Å²) in [6.07, 6.45) is -2.24. The molecular formula is C20H28F4N4O2. The molecule has 1 atom stereocenters. The quantitative estimate of drug-likeness (QED) is 0.357. The number of likely N-dealkylation sites (N-methyl/N-ethyl adjacent to an activating group) is 1. The molecule has 2 rings (SSSR count). The highest BCUT2D eigenvalue weighted by Gasteiger charge is 2.31. The highest BCUT2D eigenvalue weighted by atomic mass is 19.4. The normalized spacial score (nSPS) is 15.5. The highest BCUT2D eigenvalue weighted by molar-refractivity contribution is 5.85. The Hall–Kier alpha value is -2.52. The Morgan fingerprint density at radius 3 is 2.63 bits per heavy atom. The van der Waals surface area contributed by atoms with Crippen molar-refractivity contribution in [3.8, 4) is 5.75 Å². The molecule has 1 fully saturated rings. The number of rotatable bonds is 9. The Morgan fingerprint density at radius 2 is 2.07 bits per heavy atom. The molecule has 0 spiro atoms. The number of ether oxygens (including phenoxy) is 1. The summed E-state index contributed by atoms with van der Waals surface area (Å²) < 4.78 is 57.0. The smallest absolute Gasteiger partial charge is 0.406 e. The third-order valence-corrected chi connectivity index (χ3v) is 4.54. The molecule has 1 aromatic carbocycles. The molecule has 0 bridgehead atoms. The third kappa shape index (κ3) is 8.08. The molecule has 168 valence electrons. The zero-order chi connectivity index (χ0) is 22.3. The Balaban J connectivity index is 1.96. The van der Waals surface area contributed by atoms with Crippen molar-refractivity contribution in [2.24, 2.45) is 10.9 Å². The summed E-state index contributed by atoms with van der Waals surface area (Å²) >= 11 is 0. The third-order valence-electron chi connectivity index (χ3n) is 4.54. The molecule has 1 amide bonds. The average molecular weight is 432 g/mol. The van der Waals surface area contributed by atoms with Crippen LogP contribution >= 0.6 is 0 Å². The molecule has 2 N–H and O–H groups in total. The predicted octanol–water partition coefficient (Wildman–Crippen LogP) is 3.25. The van der Waals surface area contributed by atoms with E-state index in [2.05, 4.69) is 15.6 Å². The van der Waals surface area contributed by atoms with Gasteiger partial charge in [0.1, 0.15) is 13.1 Å². The number of nitrogens with zero attached hydrogens (tertiary/aromatic N) is 2. The first-order valence-corrected chi connectivity index (χ1v) is 9.86. The fraction of sp³-hybridized carbons (Fsp3) is 0.600. The van der Waals surface area contributed by atoms with Crippen molar-refractivity contribution in [1.82, 2.24) is 15.5 Å². The minimum atomic E-state index is -4.47. The molecule has 1 unspecified atom stereocenters. The van der Waals surface area contributed by atoms with Crippen LogP contribution in [0.25, 0.3) is 0 Å². The van der Waals surface area contributed by atoms with Gasteiger partial charge in [-0.15, -0.1) is 0 Å². The van der Waals surface area contributed by atoms with Crippen LogP contribution in [0.15, 0.2) is 23.2 Å². The van der Waals surface area contributed by atoms with Gasteiger partial charge in [0.25, 0.3) is 0 Å². The Bertz CT molecular complexity index is 751. The second-order valence-electron chi connectivity index (χ2n) is 7.37. The van der Waals surface area contributed by atoms with E-state index < -0.39 is 31.0 Å². The molecule has 0 aromatic heterocycles. The van der Waals surface area contributed by atoms with Crippen molar-refractivity contribution in [3.63, 3.8) is 0 Å². The summed E-state index contributed by atoms with van der Waals surface area (Å²) in [5.74, 6) is -0.264. The van der Waals surface area contributed by atoms with Crippen LogP contribution in [0.1, 0.15) is 38.3 Å². The van der Waals surface area contributed by atoms with Gasteiger partial charge in [-0.25, -0.2) is 9.38 Å². The van der Waals surface area contributed by atoms with Gasteiger partial charge in [0, 0.05) is 13.6 Å². The van der Waals surface area contributed by atoms with Crippen LogP contribution in [0.2, 0.25) is 0 Å². The van der Waals surface area contributed by atoms with Crippen molar-refractivity contribution in [1.29, 1.82) is 0 Å². The Labute approximate surface area is 173 Å². The van der Waals surface area contributed by atoms with Gasteiger partial charge in [-0.2, -0.15) is 13.2 Å². The summed E-state index contributed by atoms with van der Waals surface area (Å²) in [5, 5.41) is 5.94. The van der Waals surface area contributed by atoms with Crippen LogP contribution in [0, 0.1) is 11.7 Å². The average Bonchev–Trinajstić information content (AvgIpc) is 3.48. The van der Waals surface area contributed by atoms with Crippen LogP contribution in [-0.4, -0.2) is 56.2 Å². The number of nitrogens with one attached hydrogen (secondary N) is 2. The van der Waals surface area contributed by atoms with Crippen LogP contribution in [0.3, 0.4) is 0 Å². The lowest BCUT2D eigenvalue weighted by molar-refractivity contribution is -0.157. The van der Waals surface area contributed by atoms with E-state index in [-0.39, 0.29) is 17.8 Å². The van der Waals surface area contributed by atoms with Crippen LogP contribution in [0.4, 0.5) is 17.6 Å². The van der Waals surface area contributed by atoms with Crippen molar-refractivity contribution in [3.05, 3.63) is 29.6 Å². The monoisotopic (exact) mass is 432 g/mol. The minimum absolute atomic E-state index is 0.205. The maximum Gasteiger partial charge on any atom is 0.406 e. The number of hydrogen-bond donors (Lipinski definition) is 2. The number of alkyl halides is 3. The zero-order valence-electron chi connectivity index (χ0n) is 17.4. The maximum absolute atomic E-state index is 14.3. The number of guanidine groups is 1. The topological polar surface area (TPSA) is 66.0 Å². The molecule has 10 heteroatoms. The van der Waals surface area contributed by atoms with Crippen molar-refractivity contribution >= 4 is 11.9 Å². The molecule has 0 aliphatic heterocycles. The number of hydrogen-bond acceptors (Lipinski definition) is 3. The molecule has 0 radical (unpaired) electrons. The first kappa shape index (κ1) is 23.8. The lowest BCUT2D eigenvalue weighted by Gasteiger charge is -2.20. The number of halogens is 4. The van der Waals surface area contributed by atoms with Crippen LogP contribution < -0.4 is 15.4 Å². The molecule has 6 nitrogen and oxygen atoms in total. The lowest BCUT2D eigenvalue weighted by atomic mass is 10.1. The van der Waals surface area contributed by atoms with Gasteiger partial charge < -0.3 is 20.3 Å². The fourth-order valence-electron chi connectivity index (χ4n) is 2.63. The molecule has 0 saturated heterocycles. The lowest BCUT2D eigenvalue weighted by Crippen LogP contribution is -2.41. The van der Waals surface area contributed by atoms with Gasteiger partial charge in [0.2, 0.25) is 5.91 Å². The van der Waals surface area contributed by atoms with Crippen molar-refractivity contribution < 1.29 is 27.1 Å². The van der Waals surface area contributed by atoms with Crippen LogP contribution in [0.5, 0.6) is 5.75 Å². The Kier molecular flexibility index (Phi) is 8.31. The number of carbonyl (C=O) groups is 1. The van der Waals surface area contributed by atoms with Gasteiger partial charge in [-0.05, 0) is 50.3 Å². The van der Waals surface area contributed by atoms with E-state index in [1.807, 2.05) is 6.92 Å². The number of aliphatic imine (C=N–C) groups is 1. The molecule has 30 heavy (non-hydrogen) atoms. The molecule has 1 aliphatic rings. The first-order chi connectivity index (χ1) is 14.1. The summed E-state index contributed by atoms with van der Waals surface area (Å²) in [6.45, 7) is 2.80. The Morgan fingerprint density at radius 1 is 1.37 bits per heavy atom. The molecular weight excluding hydrogens is 404 g/mol. The summed E-state index contributed by atoms with van der Waals surface area (Å²) in [5.41, 5.74) is 0.636. The maximum atomic E-state index is 14.3. The molecule has 1 saturated carbocycles. The number of carbonyl (C=O) groups excluding carboxylic acids is 1. The van der Waals surface area contributed by atoms with Crippen molar-refractivity contribution in [2.45, 2.75) is 38.9 Å². The zero-order valence-corrected chi connectivity index (χ0v) is 17.4. The van der Waals surface area contributed by atoms with E-state index in [0.29, 0.717) is 29.5 Å². The van der Waals surface area contributed by atoms with Gasteiger partial charge in [0.15, 0.2) is 17.5 Å². The standard InChI is InChI=1S/C20H28F4N4O2/c1-4-25-19(26-10-18(29)28(3)12-20(22,23)24)27-13(2)15-7-8-17(16(21)9-15)30-11-14-5-6-14/h7-9,13-14H,4-6,10-12H2,1-3H3,(H2,25,26,27). The number of benzene rings is 1. The van der Waals surface area contributed by atoms with Gasteiger partial charge in [-0.3, -0.25) is 4.79 Å². The predicted molar refractivity (Wildman–Crippen MR) is 106 cm³/mol. The van der Waals surface area contributed by atoms with Gasteiger partial charge in [-0.1, -0.05) is 6.07 Å². The summed E-state index contributed by atoms with van der Waals surface area (Å²) in [7, 11) is 1.07. The van der Waals surface area contributed by atoms with Crippen LogP contribution in [-0.2, 0) is 4.79 Å². The van der Waals surface area contributed by atoms with E-state index in [1.165, 1.54) is 6.07 Å². The largest absolute Gasteiger partial charge is 0.490 e. The van der Waals surface area contributed by atoms with E-state index in [1.54, 1.807) is 19.1 Å².